The highest BCUT2D eigenvalue weighted by atomic mass is 16.1. The lowest BCUT2D eigenvalue weighted by atomic mass is 10.4. The Morgan fingerprint density at radius 1 is 1.21 bits per heavy atom. The third-order valence-electron chi connectivity index (χ3n) is 2.87. The molecule has 1 aromatic rings. The second-order valence-electron chi connectivity index (χ2n) is 3.93. The average molecular weight is 195 g/mol. The Labute approximate surface area is 83.8 Å². The lowest BCUT2D eigenvalue weighted by Gasteiger charge is -2.13. The molecular weight excluding hydrogens is 178 g/mol. The molecule has 1 fully saturated rings. The summed E-state index contributed by atoms with van der Waals surface area (Å²) in [6, 6.07) is 0. The Hall–Kier alpha value is -1.03. The fourth-order valence-corrected chi connectivity index (χ4v) is 1.94. The molecule has 0 aromatic carbocycles. The largest absolute Gasteiger partial charge is 0.327 e. The molecule has 0 bridgehead atoms. The molecule has 1 aliphatic heterocycles. The summed E-state index contributed by atoms with van der Waals surface area (Å²) in [4.78, 5) is 13.9. The van der Waals surface area contributed by atoms with E-state index in [1.165, 1.54) is 25.9 Å². The van der Waals surface area contributed by atoms with Crippen LogP contribution in [0.3, 0.4) is 0 Å². The van der Waals surface area contributed by atoms with E-state index in [1.807, 2.05) is 12.4 Å². The lowest BCUT2D eigenvalue weighted by Crippen LogP contribution is -2.29. The van der Waals surface area contributed by atoms with Gasteiger partial charge in [-0.05, 0) is 25.9 Å². The number of nitrogens with zero attached hydrogens (tertiary/aromatic N) is 3. The molecule has 1 aliphatic rings. The van der Waals surface area contributed by atoms with E-state index >= 15 is 0 Å². The highest BCUT2D eigenvalue weighted by Crippen LogP contribution is 2.06. The van der Waals surface area contributed by atoms with Gasteiger partial charge in [-0.3, -0.25) is 4.57 Å². The lowest BCUT2D eigenvalue weighted by molar-refractivity contribution is 0.320. The van der Waals surface area contributed by atoms with Gasteiger partial charge < -0.3 is 9.47 Å². The van der Waals surface area contributed by atoms with Crippen LogP contribution in [0.15, 0.2) is 17.2 Å². The van der Waals surface area contributed by atoms with Crippen molar-refractivity contribution in [2.24, 2.45) is 7.05 Å². The smallest absolute Gasteiger partial charge is 0.302 e. The van der Waals surface area contributed by atoms with Crippen molar-refractivity contribution in [1.29, 1.82) is 0 Å². The van der Waals surface area contributed by atoms with Crippen molar-refractivity contribution in [2.75, 3.05) is 19.6 Å². The average Bonchev–Trinajstić information content (AvgIpc) is 2.77. The van der Waals surface area contributed by atoms with Gasteiger partial charge in [0.15, 0.2) is 0 Å². The van der Waals surface area contributed by atoms with Gasteiger partial charge in [-0.15, -0.1) is 0 Å². The number of likely N-dealkylation sites (tertiary alicyclic amines) is 1. The summed E-state index contributed by atoms with van der Waals surface area (Å²) >= 11 is 0. The predicted molar refractivity (Wildman–Crippen MR) is 55.3 cm³/mol. The molecule has 0 atom stereocenters. The second kappa shape index (κ2) is 4.00. The van der Waals surface area contributed by atoms with Crippen molar-refractivity contribution in [1.82, 2.24) is 14.0 Å². The molecule has 4 nitrogen and oxygen atoms in total. The van der Waals surface area contributed by atoms with Gasteiger partial charge in [0.1, 0.15) is 0 Å². The van der Waals surface area contributed by atoms with Crippen molar-refractivity contribution in [2.45, 2.75) is 19.4 Å². The van der Waals surface area contributed by atoms with Gasteiger partial charge in [-0.2, -0.15) is 0 Å². The van der Waals surface area contributed by atoms with Gasteiger partial charge >= 0.3 is 5.69 Å². The molecule has 0 N–H and O–H groups in total. The van der Waals surface area contributed by atoms with Crippen LogP contribution in [0.4, 0.5) is 0 Å². The zero-order chi connectivity index (χ0) is 9.97. The van der Waals surface area contributed by atoms with E-state index in [0.717, 1.165) is 13.1 Å². The Bertz CT molecular complexity index is 346. The maximum atomic E-state index is 11.5. The topological polar surface area (TPSA) is 30.2 Å². The SMILES string of the molecule is Cn1ccn(CCN2CCCC2)c1=O. The Balaban J connectivity index is 1.91. The number of aryl methyl sites for hydroxylation is 1. The molecule has 78 valence electrons. The molecule has 4 heteroatoms. The van der Waals surface area contributed by atoms with Gasteiger partial charge in [-0.1, -0.05) is 0 Å². The van der Waals surface area contributed by atoms with Crippen molar-refractivity contribution in [3.63, 3.8) is 0 Å². The standard InChI is InChI=1S/C10H17N3O/c1-11-6-8-13(10(11)14)9-7-12-4-2-3-5-12/h6,8H,2-5,7,9H2,1H3. The molecule has 2 rings (SSSR count). The summed E-state index contributed by atoms with van der Waals surface area (Å²) in [7, 11) is 1.79. The van der Waals surface area contributed by atoms with Gasteiger partial charge in [-0.25, -0.2) is 4.79 Å². The van der Waals surface area contributed by atoms with Crippen molar-refractivity contribution in [3.8, 4) is 0 Å². The van der Waals surface area contributed by atoms with Crippen LogP contribution in [0, 0.1) is 0 Å². The first-order valence-electron chi connectivity index (χ1n) is 5.21. The molecule has 1 aromatic heterocycles. The maximum Gasteiger partial charge on any atom is 0.327 e. The summed E-state index contributed by atoms with van der Waals surface area (Å²) in [5.41, 5.74) is 0.0872. The number of rotatable bonds is 3. The fourth-order valence-electron chi connectivity index (χ4n) is 1.94. The molecule has 1 saturated heterocycles. The Morgan fingerprint density at radius 2 is 1.93 bits per heavy atom. The molecule has 0 saturated carbocycles. The van der Waals surface area contributed by atoms with Crippen LogP contribution in [0.2, 0.25) is 0 Å². The van der Waals surface area contributed by atoms with E-state index in [4.69, 9.17) is 0 Å². The molecule has 0 unspecified atom stereocenters. The van der Waals surface area contributed by atoms with E-state index in [-0.39, 0.29) is 5.69 Å². The first kappa shape index (κ1) is 9.52. The summed E-state index contributed by atoms with van der Waals surface area (Å²) in [5.74, 6) is 0. The monoisotopic (exact) mass is 195 g/mol. The number of imidazole rings is 1. The van der Waals surface area contributed by atoms with E-state index < -0.39 is 0 Å². The normalized spacial score (nSPS) is 17.8. The van der Waals surface area contributed by atoms with Gasteiger partial charge in [0.05, 0.1) is 0 Å². The van der Waals surface area contributed by atoms with Gasteiger partial charge in [0.25, 0.3) is 0 Å². The molecule has 0 amide bonds. The van der Waals surface area contributed by atoms with Crippen LogP contribution in [-0.4, -0.2) is 33.7 Å². The molecule has 0 spiro atoms. The second-order valence-corrected chi connectivity index (χ2v) is 3.93. The van der Waals surface area contributed by atoms with Crippen molar-refractivity contribution in [3.05, 3.63) is 22.9 Å². The zero-order valence-corrected chi connectivity index (χ0v) is 8.65. The van der Waals surface area contributed by atoms with E-state index in [1.54, 1.807) is 16.2 Å². The van der Waals surface area contributed by atoms with Crippen LogP contribution >= 0.6 is 0 Å². The van der Waals surface area contributed by atoms with Crippen LogP contribution in [-0.2, 0) is 13.6 Å². The third kappa shape index (κ3) is 1.90. The summed E-state index contributed by atoms with van der Waals surface area (Å²) in [5, 5.41) is 0. The van der Waals surface area contributed by atoms with Crippen LogP contribution in [0.1, 0.15) is 12.8 Å². The summed E-state index contributed by atoms with van der Waals surface area (Å²) in [6.45, 7) is 4.22. The summed E-state index contributed by atoms with van der Waals surface area (Å²) < 4.78 is 3.39. The minimum absolute atomic E-state index is 0.0872. The van der Waals surface area contributed by atoms with E-state index in [2.05, 4.69) is 4.90 Å². The highest BCUT2D eigenvalue weighted by Gasteiger charge is 2.11. The van der Waals surface area contributed by atoms with Crippen LogP contribution < -0.4 is 5.69 Å². The molecular formula is C10H17N3O. The van der Waals surface area contributed by atoms with Crippen molar-refractivity contribution < 1.29 is 0 Å². The van der Waals surface area contributed by atoms with Gasteiger partial charge in [0.2, 0.25) is 0 Å². The van der Waals surface area contributed by atoms with E-state index in [0.29, 0.717) is 0 Å². The fraction of sp³-hybridized carbons (Fsp3) is 0.700. The first-order chi connectivity index (χ1) is 6.77. The Kier molecular flexibility index (Phi) is 2.72. The summed E-state index contributed by atoms with van der Waals surface area (Å²) in [6.07, 6.45) is 6.29. The zero-order valence-electron chi connectivity index (χ0n) is 8.65. The number of hydrogen-bond donors (Lipinski definition) is 0. The minimum atomic E-state index is 0.0872. The number of aromatic nitrogens is 2. The van der Waals surface area contributed by atoms with Crippen molar-refractivity contribution >= 4 is 0 Å². The maximum absolute atomic E-state index is 11.5. The molecule has 0 radical (unpaired) electrons. The number of hydrogen-bond acceptors (Lipinski definition) is 2. The molecule has 0 aliphatic carbocycles. The molecule has 14 heavy (non-hydrogen) atoms. The first-order valence-corrected chi connectivity index (χ1v) is 5.21. The quantitative estimate of drug-likeness (QED) is 0.693. The van der Waals surface area contributed by atoms with Gasteiger partial charge in [0, 0.05) is 32.5 Å². The van der Waals surface area contributed by atoms with Crippen LogP contribution in [0.5, 0.6) is 0 Å². The third-order valence-corrected chi connectivity index (χ3v) is 2.87. The Morgan fingerprint density at radius 3 is 2.50 bits per heavy atom. The highest BCUT2D eigenvalue weighted by molar-refractivity contribution is 4.80. The minimum Gasteiger partial charge on any atom is -0.302 e. The predicted octanol–water partition coefficient (Wildman–Crippen LogP) is 0.283. The van der Waals surface area contributed by atoms with E-state index in [9.17, 15) is 4.79 Å². The van der Waals surface area contributed by atoms with Crippen LogP contribution in [0.25, 0.3) is 0 Å². The molecule has 2 heterocycles.